The molecule has 0 aromatic rings. The van der Waals surface area contributed by atoms with Gasteiger partial charge < -0.3 is 10.1 Å². The summed E-state index contributed by atoms with van der Waals surface area (Å²) in [5.74, 6) is 4.12. The van der Waals surface area contributed by atoms with E-state index in [2.05, 4.69) is 11.2 Å². The zero-order chi connectivity index (χ0) is 15.0. The molecular weight excluding hydrogens is 266 g/mol. The Labute approximate surface area is 126 Å². The van der Waals surface area contributed by atoms with Gasteiger partial charge in [0.15, 0.2) is 0 Å². The largest absolute Gasteiger partial charge is 0.467 e. The number of hydrogen-bond donors (Lipinski definition) is 1. The molecule has 4 aliphatic carbocycles. The minimum absolute atomic E-state index is 0.0206. The molecule has 4 bridgehead atoms. The van der Waals surface area contributed by atoms with Crippen molar-refractivity contribution in [2.45, 2.75) is 51.0 Å². The Bertz CT molecular complexity index is 455. The number of amides is 1. The molecule has 1 amide bonds. The van der Waals surface area contributed by atoms with Gasteiger partial charge in [-0.15, -0.1) is 12.3 Å². The van der Waals surface area contributed by atoms with Crippen LogP contribution < -0.4 is 5.32 Å². The predicted molar refractivity (Wildman–Crippen MR) is 78.0 cm³/mol. The molecular formula is C17H23NO3. The standard InChI is InChI=1S/C17H23NO3/c1-3-4-14(15(19)21-2)18-16(20)17-8-11-5-12(9-17)7-13(6-11)10-17/h1,11-14H,4-10H2,2H3,(H,18,20)/t11?,12?,13?,14-,17?/m1/s1. The molecule has 0 aromatic carbocycles. The average molecular weight is 289 g/mol. The van der Waals surface area contributed by atoms with E-state index < -0.39 is 12.0 Å². The highest BCUT2D eigenvalue weighted by molar-refractivity contribution is 5.88. The summed E-state index contributed by atoms with van der Waals surface area (Å²) in [4.78, 5) is 24.5. The minimum atomic E-state index is -0.708. The van der Waals surface area contributed by atoms with Crippen LogP contribution in [0.4, 0.5) is 0 Å². The summed E-state index contributed by atoms with van der Waals surface area (Å²) < 4.78 is 4.74. The second-order valence-electron chi connectivity index (χ2n) is 7.16. The fourth-order valence-corrected chi connectivity index (χ4v) is 5.15. The van der Waals surface area contributed by atoms with E-state index in [9.17, 15) is 9.59 Å². The van der Waals surface area contributed by atoms with Gasteiger partial charge in [-0.25, -0.2) is 4.79 Å². The van der Waals surface area contributed by atoms with Gasteiger partial charge in [-0.2, -0.15) is 0 Å². The van der Waals surface area contributed by atoms with Crippen molar-refractivity contribution in [1.29, 1.82) is 0 Å². The van der Waals surface area contributed by atoms with Gasteiger partial charge in [-0.1, -0.05) is 0 Å². The molecule has 4 heteroatoms. The molecule has 4 nitrogen and oxygen atoms in total. The monoisotopic (exact) mass is 289 g/mol. The van der Waals surface area contributed by atoms with Crippen molar-refractivity contribution in [3.05, 3.63) is 0 Å². The summed E-state index contributed by atoms with van der Waals surface area (Å²) in [5.41, 5.74) is -0.254. The third-order valence-corrected chi connectivity index (χ3v) is 5.63. The van der Waals surface area contributed by atoms with E-state index in [1.54, 1.807) is 0 Å². The van der Waals surface area contributed by atoms with Gasteiger partial charge in [0, 0.05) is 11.8 Å². The first-order chi connectivity index (χ1) is 10.1. The zero-order valence-corrected chi connectivity index (χ0v) is 12.6. The second-order valence-corrected chi connectivity index (χ2v) is 7.16. The number of terminal acetylenes is 1. The zero-order valence-electron chi connectivity index (χ0n) is 12.6. The Morgan fingerprint density at radius 3 is 2.19 bits per heavy atom. The van der Waals surface area contributed by atoms with Crippen LogP contribution in [0.1, 0.15) is 44.9 Å². The summed E-state index contributed by atoms with van der Waals surface area (Å²) in [6, 6.07) is -0.708. The minimum Gasteiger partial charge on any atom is -0.467 e. The first kappa shape index (κ1) is 14.4. The number of esters is 1. The lowest BCUT2D eigenvalue weighted by molar-refractivity contribution is -0.152. The van der Waals surface area contributed by atoms with Gasteiger partial charge in [-0.3, -0.25) is 4.79 Å². The second kappa shape index (κ2) is 5.36. The van der Waals surface area contributed by atoms with Crippen molar-refractivity contribution in [2.24, 2.45) is 23.2 Å². The molecule has 21 heavy (non-hydrogen) atoms. The molecule has 1 N–H and O–H groups in total. The average Bonchev–Trinajstić information content (AvgIpc) is 2.44. The highest BCUT2D eigenvalue weighted by Gasteiger charge is 2.54. The molecule has 4 saturated carbocycles. The molecule has 0 unspecified atom stereocenters. The van der Waals surface area contributed by atoms with Gasteiger partial charge >= 0.3 is 5.97 Å². The molecule has 0 heterocycles. The van der Waals surface area contributed by atoms with Crippen LogP contribution in [-0.4, -0.2) is 25.0 Å². The van der Waals surface area contributed by atoms with Crippen molar-refractivity contribution in [2.75, 3.05) is 7.11 Å². The maximum Gasteiger partial charge on any atom is 0.329 e. The normalized spacial score (nSPS) is 37.6. The lowest BCUT2D eigenvalue weighted by Crippen LogP contribution is -2.56. The van der Waals surface area contributed by atoms with Crippen molar-refractivity contribution < 1.29 is 14.3 Å². The highest BCUT2D eigenvalue weighted by atomic mass is 16.5. The van der Waals surface area contributed by atoms with E-state index in [0.29, 0.717) is 17.8 Å². The van der Waals surface area contributed by atoms with E-state index in [0.717, 1.165) is 19.3 Å². The van der Waals surface area contributed by atoms with Crippen molar-refractivity contribution in [1.82, 2.24) is 5.32 Å². The topological polar surface area (TPSA) is 55.4 Å². The third kappa shape index (κ3) is 2.54. The summed E-state index contributed by atoms with van der Waals surface area (Å²) in [5, 5.41) is 2.87. The van der Waals surface area contributed by atoms with Crippen LogP contribution in [0.3, 0.4) is 0 Å². The number of methoxy groups -OCH3 is 1. The summed E-state index contributed by atoms with van der Waals surface area (Å²) in [7, 11) is 1.32. The number of rotatable bonds is 4. The number of carbonyl (C=O) groups excluding carboxylic acids is 2. The van der Waals surface area contributed by atoms with Crippen LogP contribution in [0.25, 0.3) is 0 Å². The van der Waals surface area contributed by atoms with Crippen molar-refractivity contribution in [3.8, 4) is 12.3 Å². The SMILES string of the molecule is C#CC[C@@H](NC(=O)C12CC3CC(CC(C3)C1)C2)C(=O)OC. The Balaban J connectivity index is 1.72. The number of ether oxygens (including phenoxy) is 1. The lowest BCUT2D eigenvalue weighted by atomic mass is 9.49. The summed E-state index contributed by atoms with van der Waals surface area (Å²) in [6.45, 7) is 0. The highest BCUT2D eigenvalue weighted by Crippen LogP contribution is 2.60. The third-order valence-electron chi connectivity index (χ3n) is 5.63. The molecule has 0 saturated heterocycles. The van der Waals surface area contributed by atoms with Crippen molar-refractivity contribution >= 4 is 11.9 Å². The Morgan fingerprint density at radius 1 is 1.24 bits per heavy atom. The van der Waals surface area contributed by atoms with E-state index >= 15 is 0 Å². The van der Waals surface area contributed by atoms with Gasteiger partial charge in [0.1, 0.15) is 6.04 Å². The van der Waals surface area contributed by atoms with Crippen LogP contribution in [0.2, 0.25) is 0 Å². The van der Waals surface area contributed by atoms with E-state index in [-0.39, 0.29) is 17.7 Å². The predicted octanol–water partition coefficient (Wildman–Crippen LogP) is 1.88. The van der Waals surface area contributed by atoms with Gasteiger partial charge in [0.25, 0.3) is 0 Å². The molecule has 0 aliphatic heterocycles. The van der Waals surface area contributed by atoms with E-state index in [1.165, 1.54) is 26.4 Å². The number of carbonyl (C=O) groups is 2. The molecule has 0 spiro atoms. The van der Waals surface area contributed by atoms with Crippen LogP contribution in [0.5, 0.6) is 0 Å². The lowest BCUT2D eigenvalue weighted by Gasteiger charge is -2.55. The first-order valence-electron chi connectivity index (χ1n) is 7.88. The molecule has 0 aromatic heterocycles. The molecule has 4 aliphatic rings. The van der Waals surface area contributed by atoms with Crippen LogP contribution in [0.15, 0.2) is 0 Å². The fourth-order valence-electron chi connectivity index (χ4n) is 5.15. The van der Waals surface area contributed by atoms with Crippen molar-refractivity contribution in [3.63, 3.8) is 0 Å². The number of hydrogen-bond acceptors (Lipinski definition) is 3. The summed E-state index contributed by atoms with van der Waals surface area (Å²) in [6.07, 6.45) is 12.3. The first-order valence-corrected chi connectivity index (χ1v) is 7.88. The van der Waals surface area contributed by atoms with Crippen LogP contribution >= 0.6 is 0 Å². The van der Waals surface area contributed by atoms with Gasteiger partial charge in [0.05, 0.1) is 7.11 Å². The van der Waals surface area contributed by atoms with Crippen LogP contribution in [-0.2, 0) is 14.3 Å². The Kier molecular flexibility index (Phi) is 3.69. The Morgan fingerprint density at radius 2 is 1.76 bits per heavy atom. The maximum absolute atomic E-state index is 12.8. The number of nitrogens with one attached hydrogen (secondary N) is 1. The Hall–Kier alpha value is -1.50. The van der Waals surface area contributed by atoms with E-state index in [1.807, 2.05) is 0 Å². The molecule has 1 atom stereocenters. The van der Waals surface area contributed by atoms with Crippen LogP contribution in [0, 0.1) is 35.5 Å². The molecule has 114 valence electrons. The molecule has 0 radical (unpaired) electrons. The summed E-state index contributed by atoms with van der Waals surface area (Å²) >= 11 is 0. The quantitative estimate of drug-likeness (QED) is 0.635. The van der Waals surface area contributed by atoms with E-state index in [4.69, 9.17) is 11.2 Å². The molecule has 4 fully saturated rings. The smallest absolute Gasteiger partial charge is 0.329 e. The van der Waals surface area contributed by atoms with Gasteiger partial charge in [-0.05, 0) is 56.3 Å². The van der Waals surface area contributed by atoms with Gasteiger partial charge in [0.2, 0.25) is 5.91 Å². The fraction of sp³-hybridized carbons (Fsp3) is 0.765. The molecule has 4 rings (SSSR count). The maximum atomic E-state index is 12.8.